The molecule has 0 spiro atoms. The van der Waals surface area contributed by atoms with E-state index in [0.29, 0.717) is 64.5 Å². The van der Waals surface area contributed by atoms with Crippen molar-refractivity contribution in [3.05, 3.63) is 24.4 Å². The first-order valence-corrected chi connectivity index (χ1v) is 15.0. The molecule has 13 nitrogen and oxygen atoms in total. The molecule has 1 aliphatic rings. The molecule has 1 aromatic rings. The number of carboxylic acid groups (broad SMARTS) is 3. The molecule has 0 aliphatic carbocycles. The Bertz CT molecular complexity index is 889. The molecule has 1 radical (unpaired) electrons. The third-order valence-electron chi connectivity index (χ3n) is 5.93. The molecule has 223 valence electrons. The molecular formula is C24H35GdN6O7S2. The van der Waals surface area contributed by atoms with Crippen LogP contribution in [0.5, 0.6) is 0 Å². The average Bonchev–Trinajstić information content (AvgIpc) is 2.87. The minimum absolute atomic E-state index is 0. The van der Waals surface area contributed by atoms with Crippen LogP contribution in [-0.4, -0.2) is 139 Å². The van der Waals surface area contributed by atoms with Crippen LogP contribution in [0.15, 0.2) is 29.4 Å². The molecule has 1 aliphatic heterocycles. The summed E-state index contributed by atoms with van der Waals surface area (Å²) in [5.41, 5.74) is 0. The zero-order valence-corrected chi connectivity index (χ0v) is 26.1. The topological polar surface area (TPSA) is 175 Å². The number of nitrogens with zero attached hydrogens (tertiary/aromatic N) is 5. The smallest absolute Gasteiger partial charge is 0.549 e. The van der Waals surface area contributed by atoms with E-state index < -0.39 is 17.9 Å². The van der Waals surface area contributed by atoms with Gasteiger partial charge in [-0.15, -0.1) is 0 Å². The van der Waals surface area contributed by atoms with Gasteiger partial charge < -0.3 is 35.0 Å². The first-order valence-electron chi connectivity index (χ1n) is 12.7. The van der Waals surface area contributed by atoms with Gasteiger partial charge in [0.15, 0.2) is 0 Å². The number of nitrogens with one attached hydrogen (secondary N) is 1. The van der Waals surface area contributed by atoms with Crippen molar-refractivity contribution in [1.82, 2.24) is 29.9 Å². The summed E-state index contributed by atoms with van der Waals surface area (Å²) in [5, 5.41) is 37.5. The van der Waals surface area contributed by atoms with Gasteiger partial charge in [-0.3, -0.25) is 24.4 Å². The van der Waals surface area contributed by atoms with E-state index >= 15 is 0 Å². The van der Waals surface area contributed by atoms with Gasteiger partial charge in [-0.2, -0.15) is 0 Å². The van der Waals surface area contributed by atoms with Crippen molar-refractivity contribution in [2.45, 2.75) is 11.4 Å². The Labute approximate surface area is 274 Å². The SMILES string of the molecule is O=C([O-])CN1CCN(CCNC(=O)CCSSc2ccccn2)CCN(CC(=O)[O-])CCN(CC(=O)[O-])CC1.[Gd+3]. The zero-order chi connectivity index (χ0) is 28.5. The third kappa shape index (κ3) is 17.7. The summed E-state index contributed by atoms with van der Waals surface area (Å²) in [4.78, 5) is 57.2. The Morgan fingerprint density at radius 2 is 1.25 bits per heavy atom. The first-order chi connectivity index (χ1) is 18.7. The summed E-state index contributed by atoms with van der Waals surface area (Å²) < 4.78 is 0. The van der Waals surface area contributed by atoms with Gasteiger partial charge >= 0.3 is 39.9 Å². The van der Waals surface area contributed by atoms with Crippen molar-refractivity contribution in [2.24, 2.45) is 0 Å². The van der Waals surface area contributed by atoms with E-state index in [1.165, 1.54) is 10.8 Å². The van der Waals surface area contributed by atoms with E-state index in [2.05, 4.69) is 10.3 Å². The average molecular weight is 741 g/mol. The fourth-order valence-corrected chi connectivity index (χ4v) is 5.77. The van der Waals surface area contributed by atoms with Crippen LogP contribution in [0.1, 0.15) is 6.42 Å². The van der Waals surface area contributed by atoms with Crippen LogP contribution < -0.4 is 20.6 Å². The summed E-state index contributed by atoms with van der Waals surface area (Å²) >= 11 is 0. The molecule has 40 heavy (non-hydrogen) atoms. The molecule has 0 aromatic carbocycles. The Morgan fingerprint density at radius 1 is 0.775 bits per heavy atom. The fraction of sp³-hybridized carbons (Fsp3) is 0.625. The number of aromatic nitrogens is 1. The minimum atomic E-state index is -1.27. The number of carbonyl (C=O) groups is 4. The second-order valence-electron chi connectivity index (χ2n) is 8.96. The number of hydrogen-bond donors (Lipinski definition) is 1. The van der Waals surface area contributed by atoms with Crippen molar-refractivity contribution in [3.63, 3.8) is 0 Å². The van der Waals surface area contributed by atoms with E-state index in [-0.39, 0.29) is 78.6 Å². The minimum Gasteiger partial charge on any atom is -0.549 e. The van der Waals surface area contributed by atoms with Gasteiger partial charge in [0.05, 0.1) is 17.9 Å². The maximum Gasteiger partial charge on any atom is 3.00 e. The first kappa shape index (κ1) is 36.9. The molecule has 1 amide bonds. The fourth-order valence-electron chi connectivity index (χ4n) is 3.90. The van der Waals surface area contributed by atoms with Crippen LogP contribution in [-0.2, 0) is 19.2 Å². The van der Waals surface area contributed by atoms with Gasteiger partial charge in [0.25, 0.3) is 0 Å². The molecule has 1 saturated heterocycles. The predicted molar refractivity (Wildman–Crippen MR) is 141 cm³/mol. The largest absolute Gasteiger partial charge is 3.00 e. The summed E-state index contributed by atoms with van der Waals surface area (Å²) in [6.07, 6.45) is 2.07. The monoisotopic (exact) mass is 741 g/mol. The Balaban J connectivity index is 0.00000800. The standard InChI is InChI=1S/C24H38N6O7S2.Gd/c31-20(4-16-38-39-21-3-1-2-5-26-21)25-6-7-27-8-10-28(17-22(32)33)12-14-30(19-24(36)37)15-13-29(11-9-27)18-23(34)35;/h1-3,5H,4,6-19H2,(H,25,31)(H,32,33)(H,34,35)(H,36,37);/q;+3/p-3. The number of pyridine rings is 1. The van der Waals surface area contributed by atoms with Crippen LogP contribution in [0.4, 0.5) is 0 Å². The van der Waals surface area contributed by atoms with Gasteiger partial charge in [-0.05, 0) is 22.9 Å². The summed E-state index contributed by atoms with van der Waals surface area (Å²) in [5.74, 6) is -3.18. The molecule has 1 fully saturated rings. The van der Waals surface area contributed by atoms with E-state index in [1.807, 2.05) is 23.1 Å². The zero-order valence-electron chi connectivity index (χ0n) is 22.2. The normalized spacial score (nSPS) is 16.7. The maximum absolute atomic E-state index is 12.3. The molecule has 0 saturated carbocycles. The number of hydrogen-bond acceptors (Lipinski definition) is 14. The van der Waals surface area contributed by atoms with Crippen molar-refractivity contribution < 1.29 is 74.4 Å². The van der Waals surface area contributed by atoms with E-state index in [9.17, 15) is 34.5 Å². The van der Waals surface area contributed by atoms with Crippen LogP contribution in [0.3, 0.4) is 0 Å². The Hall–Kier alpha value is -1.11. The van der Waals surface area contributed by atoms with Gasteiger partial charge in [-0.25, -0.2) is 4.98 Å². The number of aliphatic carboxylic acids is 3. The molecule has 1 N–H and O–H groups in total. The molecular weight excluding hydrogens is 706 g/mol. The van der Waals surface area contributed by atoms with E-state index in [4.69, 9.17) is 0 Å². The quantitative estimate of drug-likeness (QED) is 0.144. The predicted octanol–water partition coefficient (Wildman–Crippen LogP) is -4.20. The summed E-state index contributed by atoms with van der Waals surface area (Å²) in [7, 11) is 3.06. The van der Waals surface area contributed by atoms with Crippen molar-refractivity contribution >= 4 is 45.4 Å². The van der Waals surface area contributed by atoms with E-state index in [0.717, 1.165) is 5.03 Å². The van der Waals surface area contributed by atoms with Gasteiger partial charge in [0, 0.05) is 103 Å². The van der Waals surface area contributed by atoms with Crippen molar-refractivity contribution in [1.29, 1.82) is 0 Å². The molecule has 1 aromatic heterocycles. The van der Waals surface area contributed by atoms with Crippen LogP contribution in [0.2, 0.25) is 0 Å². The van der Waals surface area contributed by atoms with Crippen LogP contribution in [0.25, 0.3) is 0 Å². The molecule has 16 heteroatoms. The summed E-state index contributed by atoms with van der Waals surface area (Å²) in [6.45, 7) is 2.77. The Morgan fingerprint density at radius 3 is 1.68 bits per heavy atom. The maximum atomic E-state index is 12.3. The second-order valence-corrected chi connectivity index (χ2v) is 11.4. The molecule has 0 bridgehead atoms. The number of carbonyl (C=O) groups excluding carboxylic acids is 4. The summed E-state index contributed by atoms with van der Waals surface area (Å²) in [6, 6.07) is 5.65. The second kappa shape index (κ2) is 21.6. The molecule has 2 rings (SSSR count). The third-order valence-corrected chi connectivity index (χ3v) is 8.20. The van der Waals surface area contributed by atoms with Crippen LogP contribution in [0, 0.1) is 39.9 Å². The molecule has 0 unspecified atom stereocenters. The van der Waals surface area contributed by atoms with Gasteiger partial charge in [0.1, 0.15) is 5.03 Å². The van der Waals surface area contributed by atoms with Crippen LogP contribution >= 0.6 is 21.6 Å². The van der Waals surface area contributed by atoms with Gasteiger partial charge in [0.2, 0.25) is 5.91 Å². The van der Waals surface area contributed by atoms with Gasteiger partial charge in [-0.1, -0.05) is 16.9 Å². The molecule has 2 heterocycles. The van der Waals surface area contributed by atoms with E-state index in [1.54, 1.807) is 31.7 Å². The number of rotatable bonds is 14. The Kier molecular flexibility index (Phi) is 19.9. The number of amides is 1. The van der Waals surface area contributed by atoms with Crippen molar-refractivity contribution in [3.8, 4) is 0 Å². The number of carboxylic acids is 3. The van der Waals surface area contributed by atoms with Crippen molar-refractivity contribution in [2.75, 3.05) is 90.8 Å². The molecule has 0 atom stereocenters.